The number of aliphatic carboxylic acids is 1. The molecule has 0 atom stereocenters. The minimum absolute atomic E-state index is 0.0357. The highest BCUT2D eigenvalue weighted by molar-refractivity contribution is 5.69. The van der Waals surface area contributed by atoms with E-state index in [0.29, 0.717) is 11.7 Å². The molecule has 2 aliphatic carbocycles. The maximum atomic E-state index is 12.4. The average molecular weight is 344 g/mol. The minimum atomic E-state index is -4.49. The Morgan fingerprint density at radius 1 is 1.29 bits per heavy atom. The zero-order valence-corrected chi connectivity index (χ0v) is 13.0. The monoisotopic (exact) mass is 344 g/mol. The summed E-state index contributed by atoms with van der Waals surface area (Å²) in [6.45, 7) is 0.845. The van der Waals surface area contributed by atoms with Crippen LogP contribution < -0.4 is 5.32 Å². The van der Waals surface area contributed by atoms with Gasteiger partial charge in [0.2, 0.25) is 0 Å². The van der Waals surface area contributed by atoms with E-state index in [9.17, 15) is 18.0 Å². The van der Waals surface area contributed by atoms with Crippen LogP contribution in [0.25, 0.3) is 0 Å². The van der Waals surface area contributed by atoms with E-state index in [2.05, 4.69) is 15.5 Å². The van der Waals surface area contributed by atoms with Crippen molar-refractivity contribution in [2.75, 3.05) is 18.4 Å². The molecule has 132 valence electrons. The van der Waals surface area contributed by atoms with Gasteiger partial charge in [0, 0.05) is 18.6 Å². The van der Waals surface area contributed by atoms with Gasteiger partial charge in [0.05, 0.1) is 6.54 Å². The van der Waals surface area contributed by atoms with Gasteiger partial charge in [-0.15, -0.1) is 10.2 Å². The van der Waals surface area contributed by atoms with E-state index in [1.807, 2.05) is 4.90 Å². The molecule has 2 aliphatic rings. The molecular formula is C15H19F3N4O2. The first-order valence-electron chi connectivity index (χ1n) is 7.94. The molecule has 1 heterocycles. The number of rotatable bonds is 7. The second-order valence-electron chi connectivity index (χ2n) is 6.53. The summed E-state index contributed by atoms with van der Waals surface area (Å²) in [4.78, 5) is 13.0. The van der Waals surface area contributed by atoms with Gasteiger partial charge in [-0.2, -0.15) is 13.2 Å². The molecule has 0 amide bonds. The molecule has 1 aromatic heterocycles. The van der Waals surface area contributed by atoms with Crippen LogP contribution in [0.1, 0.15) is 31.4 Å². The first kappa shape index (κ1) is 16.9. The predicted molar refractivity (Wildman–Crippen MR) is 79.4 cm³/mol. The lowest BCUT2D eigenvalue weighted by molar-refractivity contribution is -0.142. The number of carboxylic acid groups (broad SMARTS) is 1. The fraction of sp³-hybridized carbons (Fsp3) is 0.667. The van der Waals surface area contributed by atoms with Crippen LogP contribution in [0.5, 0.6) is 0 Å². The van der Waals surface area contributed by atoms with Gasteiger partial charge in [0.15, 0.2) is 5.69 Å². The van der Waals surface area contributed by atoms with Crippen molar-refractivity contribution in [3.63, 3.8) is 0 Å². The highest BCUT2D eigenvalue weighted by atomic mass is 19.4. The van der Waals surface area contributed by atoms with Gasteiger partial charge in [-0.25, -0.2) is 0 Å². The first-order chi connectivity index (χ1) is 11.3. The lowest BCUT2D eigenvalue weighted by Gasteiger charge is -2.42. The number of carboxylic acids is 1. The summed E-state index contributed by atoms with van der Waals surface area (Å²) in [6.07, 6.45) is -0.671. The van der Waals surface area contributed by atoms with Gasteiger partial charge >= 0.3 is 12.1 Å². The summed E-state index contributed by atoms with van der Waals surface area (Å²) >= 11 is 0. The zero-order valence-electron chi connectivity index (χ0n) is 13.0. The normalized spacial score (nSPS) is 23.8. The summed E-state index contributed by atoms with van der Waals surface area (Å²) in [7, 11) is 0. The lowest BCUT2D eigenvalue weighted by Crippen LogP contribution is -2.52. The number of anilines is 1. The summed E-state index contributed by atoms with van der Waals surface area (Å²) in [6, 6.07) is 2.44. The van der Waals surface area contributed by atoms with Crippen molar-refractivity contribution < 1.29 is 23.1 Å². The van der Waals surface area contributed by atoms with E-state index >= 15 is 0 Å². The summed E-state index contributed by atoms with van der Waals surface area (Å²) in [5, 5.41) is 18.8. The molecular weight excluding hydrogens is 325 g/mol. The Morgan fingerprint density at radius 2 is 2.00 bits per heavy atom. The van der Waals surface area contributed by atoms with Gasteiger partial charge in [-0.1, -0.05) is 0 Å². The van der Waals surface area contributed by atoms with Crippen molar-refractivity contribution in [2.45, 2.75) is 43.9 Å². The second kappa shape index (κ2) is 6.54. The minimum Gasteiger partial charge on any atom is -0.480 e. The van der Waals surface area contributed by atoms with Crippen LogP contribution in [-0.4, -0.2) is 51.3 Å². The Bertz CT molecular complexity index is 583. The molecule has 0 bridgehead atoms. The molecule has 2 fully saturated rings. The van der Waals surface area contributed by atoms with Crippen LogP contribution in [0, 0.1) is 5.92 Å². The SMILES string of the molecule is O=C(O)CN(CC1CC1)C1CC(Nc2ccc(C(F)(F)F)nn2)C1. The molecule has 0 unspecified atom stereocenters. The molecule has 2 N–H and O–H groups in total. The van der Waals surface area contributed by atoms with Crippen molar-refractivity contribution in [3.8, 4) is 0 Å². The number of halogens is 3. The fourth-order valence-corrected chi connectivity index (χ4v) is 2.92. The third kappa shape index (κ3) is 4.34. The van der Waals surface area contributed by atoms with Crippen molar-refractivity contribution in [3.05, 3.63) is 17.8 Å². The number of aromatic nitrogens is 2. The molecule has 0 aromatic carbocycles. The Morgan fingerprint density at radius 3 is 2.50 bits per heavy atom. The molecule has 9 heteroatoms. The van der Waals surface area contributed by atoms with Gasteiger partial charge in [-0.05, 0) is 43.7 Å². The largest absolute Gasteiger partial charge is 0.480 e. The van der Waals surface area contributed by atoms with E-state index in [1.54, 1.807) is 0 Å². The van der Waals surface area contributed by atoms with Crippen LogP contribution in [0.4, 0.5) is 19.0 Å². The maximum absolute atomic E-state index is 12.4. The van der Waals surface area contributed by atoms with Crippen molar-refractivity contribution >= 4 is 11.8 Å². The lowest BCUT2D eigenvalue weighted by atomic mass is 9.85. The van der Waals surface area contributed by atoms with Crippen molar-refractivity contribution in [1.29, 1.82) is 0 Å². The van der Waals surface area contributed by atoms with Crippen LogP contribution >= 0.6 is 0 Å². The highest BCUT2D eigenvalue weighted by Gasteiger charge is 2.37. The van der Waals surface area contributed by atoms with E-state index in [-0.39, 0.29) is 18.6 Å². The van der Waals surface area contributed by atoms with E-state index < -0.39 is 17.8 Å². The van der Waals surface area contributed by atoms with E-state index in [4.69, 9.17) is 5.11 Å². The first-order valence-corrected chi connectivity index (χ1v) is 7.94. The number of nitrogens with one attached hydrogen (secondary N) is 1. The van der Waals surface area contributed by atoms with Crippen LogP contribution in [0.15, 0.2) is 12.1 Å². The number of alkyl halides is 3. The van der Waals surface area contributed by atoms with E-state index in [1.165, 1.54) is 6.07 Å². The smallest absolute Gasteiger partial charge is 0.435 e. The fourth-order valence-electron chi connectivity index (χ4n) is 2.92. The number of hydrogen-bond donors (Lipinski definition) is 2. The molecule has 0 spiro atoms. The van der Waals surface area contributed by atoms with Gasteiger partial charge < -0.3 is 10.4 Å². The zero-order chi connectivity index (χ0) is 17.3. The molecule has 1 aromatic rings. The Hall–Kier alpha value is -1.90. The summed E-state index contributed by atoms with van der Waals surface area (Å²) < 4.78 is 37.3. The van der Waals surface area contributed by atoms with Crippen LogP contribution in [0.3, 0.4) is 0 Å². The number of hydrogen-bond acceptors (Lipinski definition) is 5. The van der Waals surface area contributed by atoms with Crippen LogP contribution in [0.2, 0.25) is 0 Å². The molecule has 6 nitrogen and oxygen atoms in total. The van der Waals surface area contributed by atoms with Gasteiger partial charge in [0.25, 0.3) is 0 Å². The van der Waals surface area contributed by atoms with Crippen molar-refractivity contribution in [1.82, 2.24) is 15.1 Å². The Kier molecular flexibility index (Phi) is 4.62. The van der Waals surface area contributed by atoms with Gasteiger partial charge in [-0.3, -0.25) is 9.69 Å². The quantitative estimate of drug-likeness (QED) is 0.790. The van der Waals surface area contributed by atoms with Crippen LogP contribution in [-0.2, 0) is 11.0 Å². The molecule has 0 aliphatic heterocycles. The molecule has 0 radical (unpaired) electrons. The standard InChI is InChI=1S/C15H19F3N4O2/c16-15(17,18)12-3-4-13(21-20-12)19-10-5-11(6-10)22(8-14(23)24)7-9-1-2-9/h3-4,9-11H,1-2,5-8H2,(H,19,21)(H,23,24). The maximum Gasteiger partial charge on any atom is 0.435 e. The van der Waals surface area contributed by atoms with E-state index in [0.717, 1.165) is 38.3 Å². The number of carbonyl (C=O) groups is 1. The third-order valence-corrected chi connectivity index (χ3v) is 4.46. The second-order valence-corrected chi connectivity index (χ2v) is 6.53. The number of nitrogens with zero attached hydrogens (tertiary/aromatic N) is 3. The Balaban J connectivity index is 1.49. The average Bonchev–Trinajstić information content (AvgIpc) is 3.25. The summed E-state index contributed by atoms with van der Waals surface area (Å²) in [5.41, 5.74) is -1.02. The topological polar surface area (TPSA) is 78.4 Å². The molecule has 24 heavy (non-hydrogen) atoms. The predicted octanol–water partition coefficient (Wildman–Crippen LogP) is 2.23. The van der Waals surface area contributed by atoms with Gasteiger partial charge in [0.1, 0.15) is 5.82 Å². The molecule has 3 rings (SSSR count). The molecule has 0 saturated heterocycles. The van der Waals surface area contributed by atoms with Crippen molar-refractivity contribution in [2.24, 2.45) is 5.92 Å². The highest BCUT2D eigenvalue weighted by Crippen LogP contribution is 2.34. The summed E-state index contributed by atoms with van der Waals surface area (Å²) in [5.74, 6) is 0.0798. The third-order valence-electron chi connectivity index (χ3n) is 4.46. The molecule has 2 saturated carbocycles. The Labute approximate surface area is 137 Å².